The van der Waals surface area contributed by atoms with Gasteiger partial charge in [0, 0.05) is 24.3 Å². The molecule has 0 unspecified atom stereocenters. The lowest BCUT2D eigenvalue weighted by Gasteiger charge is -2.40. The number of non-ortho nitro benzene ring substituents is 2. The number of nitrogens with two attached hydrogens (primary N) is 2. The molecule has 0 amide bonds. The van der Waals surface area contributed by atoms with Crippen LogP contribution in [-0.2, 0) is 13.1 Å². The topological polar surface area (TPSA) is 138 Å². The molecule has 2 aromatic carbocycles. The number of benzene rings is 2. The molecule has 0 bridgehead atoms. The van der Waals surface area contributed by atoms with E-state index in [1.165, 1.54) is 63.5 Å². The van der Waals surface area contributed by atoms with Crippen LogP contribution in [0.1, 0.15) is 62.5 Å². The summed E-state index contributed by atoms with van der Waals surface area (Å²) in [7, 11) is 3.28. The molecule has 50 heavy (non-hydrogen) atoms. The van der Waals surface area contributed by atoms with Gasteiger partial charge in [0.05, 0.1) is 48.3 Å². The third kappa shape index (κ3) is 14.3. The fraction of sp³-hybridized carbons (Fsp3) is 0.647. The van der Waals surface area contributed by atoms with Crippen molar-refractivity contribution in [3.05, 3.63) is 67.8 Å². The van der Waals surface area contributed by atoms with E-state index < -0.39 is 0 Å². The minimum Gasteiger partial charge on any atom is -1.00 e. The monoisotopic (exact) mass is 872 g/mol. The number of halogens is 4. The van der Waals surface area contributed by atoms with Crippen LogP contribution in [0.15, 0.2) is 36.4 Å². The number of nitro groups is 2. The SMILES string of the molecule is COc1ccc([N+](=O)[O-])cc1C[N+]1(CCCCCCCCCC[N+]2(Cc3cc([N+](=O)[O-])ccc3OC)CC[NH2+]CC2)CC[NH2+]CC1.[Br-].[Br-].[Cl-].[Cl-]. The van der Waals surface area contributed by atoms with Crippen LogP contribution >= 0.6 is 0 Å². The van der Waals surface area contributed by atoms with E-state index >= 15 is 0 Å². The molecule has 0 spiro atoms. The molecule has 2 saturated heterocycles. The first-order valence-corrected chi connectivity index (χ1v) is 17.2. The Hall–Kier alpha value is -1.78. The van der Waals surface area contributed by atoms with E-state index in [4.69, 9.17) is 9.47 Å². The molecule has 0 atom stereocenters. The summed E-state index contributed by atoms with van der Waals surface area (Å²) in [5, 5.41) is 27.6. The Bertz CT molecular complexity index is 1210. The minimum atomic E-state index is -0.318. The van der Waals surface area contributed by atoms with E-state index in [1.54, 1.807) is 38.5 Å². The van der Waals surface area contributed by atoms with Crippen LogP contribution in [0, 0.1) is 20.2 Å². The molecule has 0 radical (unpaired) electrons. The Morgan fingerprint density at radius 3 is 1.22 bits per heavy atom. The van der Waals surface area contributed by atoms with Gasteiger partial charge in [0.15, 0.2) is 0 Å². The summed E-state index contributed by atoms with van der Waals surface area (Å²) >= 11 is 0. The number of hydrogen-bond donors (Lipinski definition) is 2. The van der Waals surface area contributed by atoms with Crippen molar-refractivity contribution in [2.24, 2.45) is 0 Å². The molecule has 286 valence electrons. The van der Waals surface area contributed by atoms with Crippen LogP contribution in [0.5, 0.6) is 11.5 Å². The second kappa shape index (κ2) is 24.5. The van der Waals surface area contributed by atoms with Crippen LogP contribution in [0.25, 0.3) is 0 Å². The molecule has 2 fully saturated rings. The Kier molecular flexibility index (Phi) is 23.6. The lowest BCUT2D eigenvalue weighted by Crippen LogP contribution is -3.00. The second-order valence-electron chi connectivity index (χ2n) is 13.4. The van der Waals surface area contributed by atoms with E-state index in [1.807, 2.05) is 0 Å². The highest BCUT2D eigenvalue weighted by atomic mass is 79.9. The fourth-order valence-corrected chi connectivity index (χ4v) is 7.58. The summed E-state index contributed by atoms with van der Waals surface area (Å²) in [5.74, 6) is 1.49. The van der Waals surface area contributed by atoms with Crippen molar-refractivity contribution in [3.8, 4) is 11.5 Å². The largest absolute Gasteiger partial charge is 1.00 e. The first-order valence-electron chi connectivity index (χ1n) is 17.2. The first-order chi connectivity index (χ1) is 22.3. The van der Waals surface area contributed by atoms with Gasteiger partial charge in [-0.2, -0.15) is 0 Å². The van der Waals surface area contributed by atoms with Crippen molar-refractivity contribution in [3.63, 3.8) is 0 Å². The van der Waals surface area contributed by atoms with Gasteiger partial charge in [-0.15, -0.1) is 0 Å². The lowest BCUT2D eigenvalue weighted by atomic mass is 10.0. The third-order valence-electron chi connectivity index (χ3n) is 10.2. The summed E-state index contributed by atoms with van der Waals surface area (Å²) in [4.78, 5) is 22.2. The smallest absolute Gasteiger partial charge is 0.270 e. The summed E-state index contributed by atoms with van der Waals surface area (Å²) < 4.78 is 13.1. The highest BCUT2D eigenvalue weighted by Crippen LogP contribution is 2.30. The number of ether oxygens (including phenoxy) is 2. The van der Waals surface area contributed by atoms with Crippen LogP contribution < -0.4 is 78.9 Å². The molecule has 2 aromatic rings. The van der Waals surface area contributed by atoms with E-state index in [0.29, 0.717) is 0 Å². The lowest BCUT2D eigenvalue weighted by molar-refractivity contribution is -0.978. The first kappa shape index (κ1) is 48.2. The maximum absolute atomic E-state index is 11.4. The number of nitrogens with zero attached hydrogens (tertiary/aromatic N) is 4. The number of unbranched alkanes of at least 4 members (excludes halogenated alkanes) is 7. The normalized spacial score (nSPS) is 16.0. The van der Waals surface area contributed by atoms with E-state index in [0.717, 1.165) is 110 Å². The molecule has 0 aromatic heterocycles. The molecule has 2 heterocycles. The van der Waals surface area contributed by atoms with E-state index in [2.05, 4.69) is 10.6 Å². The average molecular weight is 876 g/mol. The van der Waals surface area contributed by atoms with Gasteiger partial charge in [0.2, 0.25) is 0 Å². The standard InChI is InChI=1S/C34H54N6O6.2BrH.2ClH/c1-45-33-13-11-31(37(41)42)25-29(33)27-39(21-15-35-16-22-39)19-9-7-5-3-4-6-8-10-20-40(23-17-36-18-24-40)28-30-26-32(38(43)44)12-14-34(30)46-2;;;;/h11-14,25-26,35-36H,3-10,15-24,27-28H2,1-2H3;4*1H/q+2;;;;/p-2. The number of quaternary nitrogens is 4. The Morgan fingerprint density at radius 1 is 0.600 bits per heavy atom. The Labute approximate surface area is 330 Å². The van der Waals surface area contributed by atoms with E-state index in [9.17, 15) is 20.2 Å². The van der Waals surface area contributed by atoms with Gasteiger partial charge in [0.1, 0.15) is 76.9 Å². The van der Waals surface area contributed by atoms with Crippen molar-refractivity contribution >= 4 is 11.4 Å². The maximum atomic E-state index is 11.4. The molecule has 0 saturated carbocycles. The molecule has 4 rings (SSSR count). The minimum absolute atomic E-state index is 0. The number of nitro benzene ring substituents is 2. The highest BCUT2D eigenvalue weighted by molar-refractivity contribution is 5.44. The molecule has 2 aliphatic rings. The van der Waals surface area contributed by atoms with Gasteiger partial charge in [-0.25, -0.2) is 0 Å². The predicted molar refractivity (Wildman–Crippen MR) is 177 cm³/mol. The Balaban J connectivity index is 0.00000600. The predicted octanol–water partition coefficient (Wildman–Crippen LogP) is -8.86. The molecular weight excluding hydrogens is 819 g/mol. The summed E-state index contributed by atoms with van der Waals surface area (Å²) in [5.41, 5.74) is 2.14. The summed E-state index contributed by atoms with van der Waals surface area (Å²) in [6.45, 7) is 12.5. The summed E-state index contributed by atoms with van der Waals surface area (Å²) in [6.07, 6.45) is 9.79. The summed E-state index contributed by atoms with van der Waals surface area (Å²) in [6, 6.07) is 9.94. The van der Waals surface area contributed by atoms with Gasteiger partial charge in [-0.05, 0) is 37.8 Å². The molecule has 16 heteroatoms. The zero-order valence-electron chi connectivity index (χ0n) is 29.5. The molecular formula is C34H56Br2Cl2N6O6. The zero-order valence-corrected chi connectivity index (χ0v) is 34.2. The molecule has 0 aliphatic carbocycles. The van der Waals surface area contributed by atoms with Gasteiger partial charge in [0.25, 0.3) is 11.4 Å². The van der Waals surface area contributed by atoms with Gasteiger partial charge >= 0.3 is 0 Å². The average Bonchev–Trinajstić information content (AvgIpc) is 3.06. The quantitative estimate of drug-likeness (QED) is 0.0624. The van der Waals surface area contributed by atoms with Crippen LogP contribution in [0.4, 0.5) is 11.4 Å². The maximum Gasteiger partial charge on any atom is 0.270 e. The van der Waals surface area contributed by atoms with E-state index in [-0.39, 0.29) is 80.0 Å². The van der Waals surface area contributed by atoms with Crippen LogP contribution in [0.2, 0.25) is 0 Å². The Morgan fingerprint density at radius 2 is 0.920 bits per heavy atom. The number of rotatable bonds is 19. The van der Waals surface area contributed by atoms with Crippen LogP contribution in [-0.4, -0.2) is 98.5 Å². The fourth-order valence-electron chi connectivity index (χ4n) is 7.58. The van der Waals surface area contributed by atoms with Gasteiger partial charge in [-0.1, -0.05) is 25.7 Å². The van der Waals surface area contributed by atoms with Crippen LogP contribution in [0.3, 0.4) is 0 Å². The van der Waals surface area contributed by atoms with Gasteiger partial charge in [-0.3, -0.25) is 20.2 Å². The molecule has 4 N–H and O–H groups in total. The number of methoxy groups -OCH3 is 2. The van der Waals surface area contributed by atoms with Crippen molar-refractivity contribution in [2.75, 3.05) is 79.7 Å². The second-order valence-corrected chi connectivity index (χ2v) is 13.4. The van der Waals surface area contributed by atoms with Crippen molar-refractivity contribution in [2.45, 2.75) is 64.5 Å². The van der Waals surface area contributed by atoms with Crippen molar-refractivity contribution in [1.29, 1.82) is 0 Å². The third-order valence-corrected chi connectivity index (χ3v) is 10.2. The number of piperazine rings is 2. The highest BCUT2D eigenvalue weighted by Gasteiger charge is 2.34. The zero-order chi connectivity index (χ0) is 32.8. The van der Waals surface area contributed by atoms with Crippen molar-refractivity contribution in [1.82, 2.24) is 0 Å². The van der Waals surface area contributed by atoms with Gasteiger partial charge < -0.3 is 87.9 Å². The van der Waals surface area contributed by atoms with Crippen molar-refractivity contribution < 1.29 is 97.7 Å². The number of hydrogen-bond acceptors (Lipinski definition) is 6. The molecule has 12 nitrogen and oxygen atoms in total. The molecule has 2 aliphatic heterocycles.